The van der Waals surface area contributed by atoms with Gasteiger partial charge in [0.15, 0.2) is 0 Å². The van der Waals surface area contributed by atoms with Crippen LogP contribution in [-0.2, 0) is 9.53 Å². The zero-order valence-electron chi connectivity index (χ0n) is 23.5. The Kier molecular flexibility index (Phi) is 7.57. The van der Waals surface area contributed by atoms with Gasteiger partial charge in [0.2, 0.25) is 0 Å². The van der Waals surface area contributed by atoms with Crippen molar-refractivity contribution in [2.24, 2.45) is 57.5 Å². The summed E-state index contributed by atoms with van der Waals surface area (Å²) in [7, 11) is 0. The standard InChI is InChI=1S/C31H55NO2/c1-20(2)9-8-10-27(32)26-14-13-24-23-12-11-21-19-22(34-28(33)29(3,4)5)15-17-30(21,6)25(23)16-18-31(24,26)7/h20-27H,8-19,32H2,1-7H3/t21-,22-,23?,24?,25?,26?,27+,30?,31?/m0/s1. The third-order valence-electron chi connectivity index (χ3n) is 11.4. The van der Waals surface area contributed by atoms with Gasteiger partial charge in [-0.05, 0) is 131 Å². The van der Waals surface area contributed by atoms with Gasteiger partial charge in [0.25, 0.3) is 0 Å². The lowest BCUT2D eigenvalue weighted by Gasteiger charge is -2.61. The van der Waals surface area contributed by atoms with Gasteiger partial charge in [-0.25, -0.2) is 0 Å². The molecule has 6 unspecified atom stereocenters. The number of carbonyl (C=O) groups excluding carboxylic acids is 1. The molecule has 2 N–H and O–H groups in total. The van der Waals surface area contributed by atoms with Crippen LogP contribution in [0.4, 0.5) is 0 Å². The summed E-state index contributed by atoms with van der Waals surface area (Å²) >= 11 is 0. The smallest absolute Gasteiger partial charge is 0.311 e. The molecule has 4 fully saturated rings. The summed E-state index contributed by atoms with van der Waals surface area (Å²) in [6.07, 6.45) is 15.6. The molecule has 4 aliphatic rings. The Morgan fingerprint density at radius 2 is 1.62 bits per heavy atom. The maximum atomic E-state index is 12.5. The molecular formula is C31H55NO2. The highest BCUT2D eigenvalue weighted by Crippen LogP contribution is 2.68. The molecule has 0 aromatic heterocycles. The molecule has 3 heteroatoms. The monoisotopic (exact) mass is 473 g/mol. The van der Waals surface area contributed by atoms with E-state index in [9.17, 15) is 4.79 Å². The third kappa shape index (κ3) is 4.85. The minimum Gasteiger partial charge on any atom is -0.462 e. The van der Waals surface area contributed by atoms with E-state index >= 15 is 0 Å². The van der Waals surface area contributed by atoms with Gasteiger partial charge in [0, 0.05) is 6.04 Å². The number of esters is 1. The third-order valence-corrected chi connectivity index (χ3v) is 11.4. The first-order valence-corrected chi connectivity index (χ1v) is 14.8. The molecule has 4 rings (SSSR count). The highest BCUT2D eigenvalue weighted by Gasteiger charge is 2.60. The molecule has 0 aliphatic heterocycles. The molecule has 0 radical (unpaired) electrons. The number of hydrogen-bond donors (Lipinski definition) is 1. The minimum atomic E-state index is -0.402. The molecule has 4 aliphatic carbocycles. The lowest BCUT2D eigenvalue weighted by molar-refractivity contribution is -0.170. The quantitative estimate of drug-likeness (QED) is 0.401. The van der Waals surface area contributed by atoms with E-state index in [4.69, 9.17) is 10.5 Å². The molecule has 0 bridgehead atoms. The fourth-order valence-corrected chi connectivity index (χ4v) is 9.36. The molecule has 0 heterocycles. The van der Waals surface area contributed by atoms with Crippen LogP contribution >= 0.6 is 0 Å². The second kappa shape index (κ2) is 9.71. The maximum Gasteiger partial charge on any atom is 0.311 e. The number of rotatable bonds is 6. The first-order chi connectivity index (χ1) is 15.9. The Bertz CT molecular complexity index is 725. The summed E-state index contributed by atoms with van der Waals surface area (Å²) in [5.74, 6) is 4.84. The zero-order valence-corrected chi connectivity index (χ0v) is 23.5. The molecule has 4 saturated carbocycles. The number of carbonyl (C=O) groups is 1. The van der Waals surface area contributed by atoms with Crippen LogP contribution in [0.5, 0.6) is 0 Å². The van der Waals surface area contributed by atoms with Crippen LogP contribution in [0.1, 0.15) is 126 Å². The fourth-order valence-electron chi connectivity index (χ4n) is 9.36. The van der Waals surface area contributed by atoms with Crippen LogP contribution in [-0.4, -0.2) is 18.1 Å². The molecule has 0 saturated heterocycles. The van der Waals surface area contributed by atoms with Crippen molar-refractivity contribution in [1.29, 1.82) is 0 Å². The van der Waals surface area contributed by atoms with E-state index in [1.165, 1.54) is 64.2 Å². The van der Waals surface area contributed by atoms with Crippen molar-refractivity contribution in [2.45, 2.75) is 138 Å². The average Bonchev–Trinajstić information content (AvgIpc) is 3.10. The Balaban J connectivity index is 1.41. The van der Waals surface area contributed by atoms with Crippen molar-refractivity contribution in [3.05, 3.63) is 0 Å². The summed E-state index contributed by atoms with van der Waals surface area (Å²) in [4.78, 5) is 12.5. The number of fused-ring (bicyclic) bond motifs is 5. The molecule has 9 atom stereocenters. The molecule has 3 nitrogen and oxygen atoms in total. The number of ether oxygens (including phenoxy) is 1. The van der Waals surface area contributed by atoms with Crippen molar-refractivity contribution >= 4 is 5.97 Å². The van der Waals surface area contributed by atoms with E-state index < -0.39 is 5.41 Å². The van der Waals surface area contributed by atoms with Crippen LogP contribution in [0.25, 0.3) is 0 Å². The average molecular weight is 474 g/mol. The van der Waals surface area contributed by atoms with Gasteiger partial charge < -0.3 is 10.5 Å². The molecule has 0 aromatic rings. The SMILES string of the molecule is CC(C)CCC[C@@H](N)C1CCC2C3CC[C@H]4C[C@@H](OC(=O)C(C)(C)C)CCC4(C)C3CCC21C. The van der Waals surface area contributed by atoms with E-state index in [1.807, 2.05) is 20.8 Å². The Hall–Kier alpha value is -0.570. The highest BCUT2D eigenvalue weighted by atomic mass is 16.5. The van der Waals surface area contributed by atoms with Crippen LogP contribution in [0.2, 0.25) is 0 Å². The van der Waals surface area contributed by atoms with Crippen LogP contribution in [0, 0.1) is 51.8 Å². The molecule has 0 spiro atoms. The summed E-state index contributed by atoms with van der Waals surface area (Å²) < 4.78 is 6.01. The largest absolute Gasteiger partial charge is 0.462 e. The van der Waals surface area contributed by atoms with Gasteiger partial charge in [-0.15, -0.1) is 0 Å². The zero-order chi connectivity index (χ0) is 24.9. The summed E-state index contributed by atoms with van der Waals surface area (Å²) in [5.41, 5.74) is 7.40. The lowest BCUT2D eigenvalue weighted by Crippen LogP contribution is -2.55. The van der Waals surface area contributed by atoms with E-state index in [-0.39, 0.29) is 12.1 Å². The van der Waals surface area contributed by atoms with Crippen molar-refractivity contribution < 1.29 is 9.53 Å². The first kappa shape index (κ1) is 26.5. The predicted molar refractivity (Wildman–Crippen MR) is 141 cm³/mol. The van der Waals surface area contributed by atoms with Gasteiger partial charge in [-0.3, -0.25) is 4.79 Å². The second-order valence-corrected chi connectivity index (χ2v) is 14.9. The molecule has 34 heavy (non-hydrogen) atoms. The van der Waals surface area contributed by atoms with Crippen molar-refractivity contribution in [2.75, 3.05) is 0 Å². The Labute approximate surface area is 210 Å². The van der Waals surface area contributed by atoms with E-state index in [0.717, 1.165) is 48.3 Å². The van der Waals surface area contributed by atoms with E-state index in [1.54, 1.807) is 0 Å². The van der Waals surface area contributed by atoms with Gasteiger partial charge in [0.1, 0.15) is 6.10 Å². The lowest BCUT2D eigenvalue weighted by atomic mass is 9.44. The van der Waals surface area contributed by atoms with E-state index in [0.29, 0.717) is 16.9 Å². The van der Waals surface area contributed by atoms with Gasteiger partial charge in [-0.2, -0.15) is 0 Å². The van der Waals surface area contributed by atoms with Crippen molar-refractivity contribution in [3.8, 4) is 0 Å². The Morgan fingerprint density at radius 1 is 0.941 bits per heavy atom. The fraction of sp³-hybridized carbons (Fsp3) is 0.968. The normalized spacial score (nSPS) is 43.1. The number of nitrogens with two attached hydrogens (primary N) is 1. The first-order valence-electron chi connectivity index (χ1n) is 14.8. The maximum absolute atomic E-state index is 12.5. The van der Waals surface area contributed by atoms with Gasteiger partial charge in [0.05, 0.1) is 5.41 Å². The summed E-state index contributed by atoms with van der Waals surface area (Å²) in [5, 5.41) is 0. The molecule has 0 aromatic carbocycles. The summed E-state index contributed by atoms with van der Waals surface area (Å²) in [6.45, 7) is 15.8. The Morgan fingerprint density at radius 3 is 2.29 bits per heavy atom. The van der Waals surface area contributed by atoms with Gasteiger partial charge >= 0.3 is 5.97 Å². The highest BCUT2D eigenvalue weighted by molar-refractivity contribution is 5.75. The topological polar surface area (TPSA) is 52.3 Å². The molecular weight excluding hydrogens is 418 g/mol. The van der Waals surface area contributed by atoms with Crippen LogP contribution < -0.4 is 5.73 Å². The second-order valence-electron chi connectivity index (χ2n) is 14.9. The van der Waals surface area contributed by atoms with Crippen molar-refractivity contribution in [3.63, 3.8) is 0 Å². The summed E-state index contributed by atoms with van der Waals surface area (Å²) in [6, 6.07) is 0.394. The molecule has 196 valence electrons. The van der Waals surface area contributed by atoms with Gasteiger partial charge in [-0.1, -0.05) is 40.5 Å². The minimum absolute atomic E-state index is 0.0232. The predicted octanol–water partition coefficient (Wildman–Crippen LogP) is 7.76. The van der Waals surface area contributed by atoms with Crippen molar-refractivity contribution in [1.82, 2.24) is 0 Å². The van der Waals surface area contributed by atoms with Crippen LogP contribution in [0.15, 0.2) is 0 Å². The van der Waals surface area contributed by atoms with Crippen LogP contribution in [0.3, 0.4) is 0 Å². The van der Waals surface area contributed by atoms with E-state index in [2.05, 4.69) is 27.7 Å². The molecule has 0 amide bonds. The number of hydrogen-bond acceptors (Lipinski definition) is 3.